The van der Waals surface area contributed by atoms with E-state index in [4.69, 9.17) is 0 Å². The Bertz CT molecular complexity index is 418. The molecule has 0 saturated carbocycles. The standard InChI is InChI=1S/C11H22N4O3S/c1-12-11(16)10-4-2-8-15(10)19(17,18)14-7-3-5-13-6-9-14/h10,13H,2-9H2,1H3,(H,12,16). The van der Waals surface area contributed by atoms with Crippen molar-refractivity contribution in [2.75, 3.05) is 39.8 Å². The minimum absolute atomic E-state index is 0.214. The van der Waals surface area contributed by atoms with Crippen molar-refractivity contribution in [3.05, 3.63) is 0 Å². The summed E-state index contributed by atoms with van der Waals surface area (Å²) < 4.78 is 28.1. The molecule has 2 saturated heterocycles. The Balaban J connectivity index is 2.15. The van der Waals surface area contributed by atoms with Gasteiger partial charge in [-0.2, -0.15) is 17.0 Å². The van der Waals surface area contributed by atoms with Gasteiger partial charge in [0.1, 0.15) is 6.04 Å². The number of carbonyl (C=O) groups excluding carboxylic acids is 1. The van der Waals surface area contributed by atoms with Crippen molar-refractivity contribution in [1.82, 2.24) is 19.2 Å². The number of hydrogen-bond donors (Lipinski definition) is 2. The third-order valence-electron chi connectivity index (χ3n) is 3.67. The Labute approximate surface area is 114 Å². The molecular formula is C11H22N4O3S. The highest BCUT2D eigenvalue weighted by atomic mass is 32.2. The van der Waals surface area contributed by atoms with E-state index in [9.17, 15) is 13.2 Å². The van der Waals surface area contributed by atoms with Gasteiger partial charge >= 0.3 is 0 Å². The summed E-state index contributed by atoms with van der Waals surface area (Å²) in [6.45, 7) is 2.93. The van der Waals surface area contributed by atoms with Crippen molar-refractivity contribution >= 4 is 16.1 Å². The molecule has 2 N–H and O–H groups in total. The first-order valence-electron chi connectivity index (χ1n) is 6.76. The van der Waals surface area contributed by atoms with E-state index < -0.39 is 16.3 Å². The van der Waals surface area contributed by atoms with E-state index in [1.807, 2.05) is 0 Å². The topological polar surface area (TPSA) is 81.8 Å². The second-order valence-electron chi connectivity index (χ2n) is 4.89. The maximum Gasteiger partial charge on any atom is 0.282 e. The molecule has 2 rings (SSSR count). The van der Waals surface area contributed by atoms with Crippen LogP contribution in [-0.2, 0) is 15.0 Å². The van der Waals surface area contributed by atoms with Crippen molar-refractivity contribution in [1.29, 1.82) is 0 Å². The van der Waals surface area contributed by atoms with Crippen molar-refractivity contribution < 1.29 is 13.2 Å². The van der Waals surface area contributed by atoms with Crippen LogP contribution in [0.5, 0.6) is 0 Å². The Hall–Kier alpha value is -0.700. The fourth-order valence-corrected chi connectivity index (χ4v) is 4.51. The molecule has 0 aromatic carbocycles. The van der Waals surface area contributed by atoms with Crippen LogP contribution in [0.15, 0.2) is 0 Å². The first-order valence-corrected chi connectivity index (χ1v) is 8.16. The minimum Gasteiger partial charge on any atom is -0.358 e. The molecule has 0 bridgehead atoms. The lowest BCUT2D eigenvalue weighted by molar-refractivity contribution is -0.123. The summed E-state index contributed by atoms with van der Waals surface area (Å²) >= 11 is 0. The molecule has 2 heterocycles. The first-order chi connectivity index (χ1) is 9.07. The minimum atomic E-state index is -3.52. The average molecular weight is 290 g/mol. The summed E-state index contributed by atoms with van der Waals surface area (Å²) in [5.74, 6) is -0.214. The van der Waals surface area contributed by atoms with Crippen molar-refractivity contribution in [3.63, 3.8) is 0 Å². The highest BCUT2D eigenvalue weighted by Gasteiger charge is 2.41. The Morgan fingerprint density at radius 2 is 2.00 bits per heavy atom. The van der Waals surface area contributed by atoms with Gasteiger partial charge in [0.15, 0.2) is 0 Å². The van der Waals surface area contributed by atoms with Crippen LogP contribution in [0.3, 0.4) is 0 Å². The maximum atomic E-state index is 12.6. The Morgan fingerprint density at radius 1 is 1.21 bits per heavy atom. The molecule has 1 unspecified atom stereocenters. The number of nitrogens with one attached hydrogen (secondary N) is 2. The van der Waals surface area contributed by atoms with Gasteiger partial charge in [0.05, 0.1) is 0 Å². The first kappa shape index (κ1) is 14.7. The van der Waals surface area contributed by atoms with Crippen molar-refractivity contribution in [2.45, 2.75) is 25.3 Å². The zero-order valence-corrected chi connectivity index (χ0v) is 12.1. The molecule has 1 atom stereocenters. The van der Waals surface area contributed by atoms with Gasteiger partial charge in [-0.05, 0) is 25.8 Å². The van der Waals surface area contributed by atoms with Gasteiger partial charge in [-0.1, -0.05) is 0 Å². The van der Waals surface area contributed by atoms with Gasteiger partial charge in [0.25, 0.3) is 10.2 Å². The number of likely N-dealkylation sites (N-methyl/N-ethyl adjacent to an activating group) is 1. The number of rotatable bonds is 3. The molecule has 2 fully saturated rings. The van der Waals surface area contributed by atoms with Gasteiger partial charge in [0.2, 0.25) is 5.91 Å². The molecule has 1 amide bonds. The van der Waals surface area contributed by atoms with Gasteiger partial charge < -0.3 is 10.6 Å². The Kier molecular flexibility index (Phi) is 4.77. The van der Waals surface area contributed by atoms with Gasteiger partial charge in [-0.3, -0.25) is 4.79 Å². The highest BCUT2D eigenvalue weighted by Crippen LogP contribution is 2.23. The summed E-state index contributed by atoms with van der Waals surface area (Å²) in [5.41, 5.74) is 0. The molecule has 110 valence electrons. The second kappa shape index (κ2) is 6.17. The van der Waals surface area contributed by atoms with Crippen LogP contribution >= 0.6 is 0 Å². The second-order valence-corrected chi connectivity index (χ2v) is 6.77. The largest absolute Gasteiger partial charge is 0.358 e. The lowest BCUT2D eigenvalue weighted by atomic mass is 10.2. The highest BCUT2D eigenvalue weighted by molar-refractivity contribution is 7.86. The predicted molar refractivity (Wildman–Crippen MR) is 71.8 cm³/mol. The van der Waals surface area contributed by atoms with Crippen LogP contribution in [0.25, 0.3) is 0 Å². The van der Waals surface area contributed by atoms with Crippen LogP contribution < -0.4 is 10.6 Å². The van der Waals surface area contributed by atoms with Crippen molar-refractivity contribution in [3.8, 4) is 0 Å². The monoisotopic (exact) mass is 290 g/mol. The number of carbonyl (C=O) groups is 1. The zero-order valence-electron chi connectivity index (χ0n) is 11.3. The van der Waals surface area contributed by atoms with E-state index in [0.29, 0.717) is 32.6 Å². The lowest BCUT2D eigenvalue weighted by Crippen LogP contribution is -2.51. The average Bonchev–Trinajstić information content (AvgIpc) is 2.73. The van der Waals surface area contributed by atoms with Gasteiger partial charge in [-0.25, -0.2) is 0 Å². The summed E-state index contributed by atoms with van der Waals surface area (Å²) in [7, 11) is -1.98. The van der Waals surface area contributed by atoms with E-state index in [1.54, 1.807) is 7.05 Å². The maximum absolute atomic E-state index is 12.6. The van der Waals surface area contributed by atoms with E-state index in [1.165, 1.54) is 8.61 Å². The van der Waals surface area contributed by atoms with E-state index in [-0.39, 0.29) is 5.91 Å². The molecule has 2 aliphatic heterocycles. The molecule has 8 heteroatoms. The summed E-state index contributed by atoms with van der Waals surface area (Å²) in [6.07, 6.45) is 2.14. The molecular weight excluding hydrogens is 268 g/mol. The van der Waals surface area contributed by atoms with Crippen LogP contribution in [-0.4, -0.2) is 68.7 Å². The third kappa shape index (κ3) is 3.07. The molecule has 0 aromatic rings. The summed E-state index contributed by atoms with van der Waals surface area (Å²) in [6, 6.07) is -0.550. The SMILES string of the molecule is CNC(=O)C1CCCN1S(=O)(=O)N1CCCNCC1. The third-order valence-corrected chi connectivity index (χ3v) is 5.72. The van der Waals surface area contributed by atoms with Crippen LogP contribution in [0, 0.1) is 0 Å². The van der Waals surface area contributed by atoms with Crippen LogP contribution in [0.4, 0.5) is 0 Å². The Morgan fingerprint density at radius 3 is 2.74 bits per heavy atom. The van der Waals surface area contributed by atoms with E-state index in [2.05, 4.69) is 10.6 Å². The number of hydrogen-bond acceptors (Lipinski definition) is 4. The normalized spacial score (nSPS) is 27.1. The smallest absolute Gasteiger partial charge is 0.282 e. The van der Waals surface area contributed by atoms with Crippen LogP contribution in [0.1, 0.15) is 19.3 Å². The van der Waals surface area contributed by atoms with Gasteiger partial charge in [-0.15, -0.1) is 0 Å². The molecule has 0 aromatic heterocycles. The quantitative estimate of drug-likeness (QED) is 0.679. The van der Waals surface area contributed by atoms with E-state index in [0.717, 1.165) is 19.4 Å². The molecule has 2 aliphatic rings. The molecule has 7 nitrogen and oxygen atoms in total. The summed E-state index contributed by atoms with van der Waals surface area (Å²) in [5, 5.41) is 5.73. The van der Waals surface area contributed by atoms with Crippen molar-refractivity contribution in [2.24, 2.45) is 0 Å². The molecule has 19 heavy (non-hydrogen) atoms. The predicted octanol–water partition coefficient (Wildman–Crippen LogP) is -1.26. The molecule has 0 spiro atoms. The van der Waals surface area contributed by atoms with Crippen LogP contribution in [0.2, 0.25) is 0 Å². The molecule has 0 aliphatic carbocycles. The molecule has 0 radical (unpaired) electrons. The number of amides is 1. The fourth-order valence-electron chi connectivity index (χ4n) is 2.64. The number of nitrogens with zero attached hydrogens (tertiary/aromatic N) is 2. The zero-order chi connectivity index (χ0) is 13.9. The van der Waals surface area contributed by atoms with E-state index >= 15 is 0 Å². The lowest BCUT2D eigenvalue weighted by Gasteiger charge is -2.29. The fraction of sp³-hybridized carbons (Fsp3) is 0.909. The summed E-state index contributed by atoms with van der Waals surface area (Å²) in [4.78, 5) is 11.8. The van der Waals surface area contributed by atoms with Gasteiger partial charge in [0, 0.05) is 33.2 Å².